The van der Waals surface area contributed by atoms with Gasteiger partial charge in [-0.3, -0.25) is 25.0 Å². The van der Waals surface area contributed by atoms with Gasteiger partial charge in [-0.25, -0.2) is 23.4 Å². The van der Waals surface area contributed by atoms with Crippen molar-refractivity contribution in [3.05, 3.63) is 213 Å². The van der Waals surface area contributed by atoms with E-state index in [-0.39, 0.29) is 32.1 Å². The number of thiocarbonyl (C=S) groups is 1. The number of nitrogens with zero attached hydrogens (tertiary/aromatic N) is 5. The van der Waals surface area contributed by atoms with Crippen molar-refractivity contribution in [3.63, 3.8) is 0 Å². The Balaban J connectivity index is 0.000000220. The number of aryl methyl sites for hydroxylation is 8. The van der Waals surface area contributed by atoms with Crippen LogP contribution in [0.5, 0.6) is 0 Å². The molecule has 0 unspecified atom stereocenters. The summed E-state index contributed by atoms with van der Waals surface area (Å²) in [5.74, 6) is 0.137. The van der Waals surface area contributed by atoms with Crippen molar-refractivity contribution in [2.24, 2.45) is 11.5 Å². The summed E-state index contributed by atoms with van der Waals surface area (Å²) in [4.78, 5) is 44.0. The molecule has 9 N–H and O–H groups in total. The lowest BCUT2D eigenvalue weighted by Crippen LogP contribution is -2.18. The quantitative estimate of drug-likeness (QED) is 0.0201. The van der Waals surface area contributed by atoms with Crippen LogP contribution < -0.4 is 28.3 Å². The Kier molecular flexibility index (Phi) is 25.6. The van der Waals surface area contributed by atoms with Gasteiger partial charge in [-0.15, -0.1) is 34.0 Å². The van der Waals surface area contributed by atoms with Crippen LogP contribution in [0.3, 0.4) is 0 Å². The minimum absolute atomic E-state index is 0.000000000000000222. The topological polar surface area (TPSA) is 292 Å². The van der Waals surface area contributed by atoms with Gasteiger partial charge in [0.2, 0.25) is 0 Å². The Morgan fingerprint density at radius 2 is 0.988 bits per heavy atom. The third-order valence-corrected chi connectivity index (χ3v) is 15.8. The summed E-state index contributed by atoms with van der Waals surface area (Å²) in [6.07, 6.45) is 0. The van der Waals surface area contributed by atoms with Crippen molar-refractivity contribution in [2.45, 2.75) is 66.8 Å². The third kappa shape index (κ3) is 21.8. The molecule has 0 saturated heterocycles. The van der Waals surface area contributed by atoms with Crippen LogP contribution in [0.25, 0.3) is 33.8 Å². The zero-order valence-corrected chi connectivity index (χ0v) is 51.8. The number of carbonyl (C=O) groups is 1. The number of aromatic nitrogens is 3. The molecule has 0 fully saturated rings. The molecule has 0 radical (unpaired) electrons. The summed E-state index contributed by atoms with van der Waals surface area (Å²) in [6.45, 7) is 17.2. The van der Waals surface area contributed by atoms with Crippen LogP contribution >= 0.6 is 72.8 Å². The van der Waals surface area contributed by atoms with Crippen molar-refractivity contribution < 1.29 is 23.1 Å². The zero-order chi connectivity index (χ0) is 60.1. The number of thiazole rings is 3. The molecule has 0 amide bonds. The predicted octanol–water partition coefficient (Wildman–Crippen LogP) is 14.6. The van der Waals surface area contributed by atoms with E-state index in [0.717, 1.165) is 56.1 Å². The summed E-state index contributed by atoms with van der Waals surface area (Å²) in [5.41, 5.74) is 38.2. The predicted molar refractivity (Wildman–Crippen MR) is 341 cm³/mol. The molecule has 81 heavy (non-hydrogen) atoms. The Bertz CT molecular complexity index is 3670. The summed E-state index contributed by atoms with van der Waals surface area (Å²) < 4.78 is 21.5. The molecule has 9 aromatic rings. The van der Waals surface area contributed by atoms with Gasteiger partial charge < -0.3 is 28.3 Å². The zero-order valence-electron chi connectivity index (χ0n) is 45.4. The van der Waals surface area contributed by atoms with Gasteiger partial charge in [0.15, 0.2) is 26.3 Å². The SMILES string of the molecule is Cc1ccc(-c2csc(N)n2)cc1C.Cc1ccc(-c2csc(N)n2)cc1C.Cc1ccc(-c2csc(NCc3cccc([N+](=O)[O-])c3)n2)cc1C.Cc1ccc(C(=O)CBr)cc1C.NC(N)=S.O=[N+]([O-])c1cccc(S(=O)(=O)Cl)c1. The Morgan fingerprint density at radius 1 is 0.593 bits per heavy atom. The molecule has 3 aromatic heterocycles. The average molecular weight is 1270 g/mol. The smallest absolute Gasteiger partial charge is 0.270 e. The molecule has 0 aliphatic heterocycles. The van der Waals surface area contributed by atoms with Crippen LogP contribution in [0, 0.1) is 75.6 Å². The number of non-ortho nitro benzene ring substituents is 2. The number of hydrogen-bond donors (Lipinski definition) is 5. The van der Waals surface area contributed by atoms with Crippen molar-refractivity contribution in [2.75, 3.05) is 22.1 Å². The standard InChI is InChI=1S/C18H17N3O2S.2C11H12N2S.C10H11BrO.C6H4ClNO4S.CH4N2S/c1-12-6-7-15(8-13(12)2)17-11-24-18(20-17)19-10-14-4-3-5-16(9-14)21(22)23;2*1-7-3-4-9(5-8(7)2)10-6-14-11(12)13-10;1-7-3-4-9(5-8(7)2)10(12)6-11;7-13(11,12)6-3-1-2-5(4-6)8(9)10;2-1(3)4/h3-9,11H,10H2,1-2H3,(H,19,20);2*3-6H,1-2H3,(H2,12,13);3-5H,6H2,1-2H3;1-4H;(H4,2,3,4). The van der Waals surface area contributed by atoms with E-state index in [9.17, 15) is 33.4 Å². The second-order valence-electron chi connectivity index (χ2n) is 17.8. The van der Waals surface area contributed by atoms with Gasteiger partial charge >= 0.3 is 0 Å². The number of carbonyl (C=O) groups excluding carboxylic acids is 1. The normalized spacial score (nSPS) is 10.3. The molecule has 0 spiro atoms. The number of halogens is 2. The highest BCUT2D eigenvalue weighted by molar-refractivity contribution is 9.09. The van der Waals surface area contributed by atoms with Gasteiger partial charge in [0.05, 0.1) is 37.2 Å². The van der Waals surface area contributed by atoms with Crippen LogP contribution in [0.4, 0.5) is 26.8 Å². The molecular weight excluding hydrogens is 1210 g/mol. The van der Waals surface area contributed by atoms with Gasteiger partial charge in [0.1, 0.15) is 0 Å². The molecule has 0 aliphatic rings. The molecular formula is C57H60BrClN10O7S5. The fourth-order valence-electron chi connectivity index (χ4n) is 6.73. The van der Waals surface area contributed by atoms with Gasteiger partial charge in [-0.05, 0) is 148 Å². The lowest BCUT2D eigenvalue weighted by molar-refractivity contribution is -0.385. The van der Waals surface area contributed by atoms with Crippen molar-refractivity contribution in [1.82, 2.24) is 15.0 Å². The largest absolute Gasteiger partial charge is 0.377 e. The number of hydrogen-bond acceptors (Lipinski definition) is 17. The Labute approximate surface area is 501 Å². The average Bonchev–Trinajstić information content (AvgIpc) is 4.23. The van der Waals surface area contributed by atoms with E-state index < -0.39 is 14.0 Å². The number of nitro benzene ring substituents is 2. The first kappa shape index (κ1) is 66.0. The van der Waals surface area contributed by atoms with E-state index >= 15 is 0 Å². The Morgan fingerprint density at radius 3 is 1.37 bits per heavy atom. The first-order valence-electron chi connectivity index (χ1n) is 24.1. The molecule has 0 bridgehead atoms. The lowest BCUT2D eigenvalue weighted by Gasteiger charge is -2.04. The maximum atomic E-state index is 11.2. The van der Waals surface area contributed by atoms with Crippen LogP contribution in [-0.2, 0) is 15.6 Å². The maximum Gasteiger partial charge on any atom is 0.270 e. The highest BCUT2D eigenvalue weighted by Gasteiger charge is 2.15. The van der Waals surface area contributed by atoms with E-state index in [2.05, 4.69) is 156 Å². The second kappa shape index (κ2) is 31.5. The van der Waals surface area contributed by atoms with E-state index in [1.54, 1.807) is 12.1 Å². The number of Topliss-reactive ketones (excluding diaryl/α,β-unsaturated/α-hetero) is 1. The number of nitrogens with one attached hydrogen (secondary N) is 1. The number of benzene rings is 6. The van der Waals surface area contributed by atoms with Gasteiger partial charge in [0, 0.05) is 79.9 Å². The lowest BCUT2D eigenvalue weighted by atomic mass is 10.0. The number of anilines is 3. The monoisotopic (exact) mass is 1270 g/mol. The molecule has 17 nitrogen and oxygen atoms in total. The van der Waals surface area contributed by atoms with Gasteiger partial charge in [0.25, 0.3) is 20.4 Å². The highest BCUT2D eigenvalue weighted by Crippen LogP contribution is 2.29. The van der Waals surface area contributed by atoms with Crippen molar-refractivity contribution >= 4 is 120 Å². The second-order valence-corrected chi connectivity index (χ2v) is 24.0. The molecule has 24 heteroatoms. The number of nitro groups is 2. The fourth-order valence-corrected chi connectivity index (χ4v) is 9.71. The number of nitrogen functional groups attached to an aromatic ring is 2. The number of nitrogens with two attached hydrogens (primary N) is 4. The Hall–Kier alpha value is -7.51. The van der Waals surface area contributed by atoms with E-state index in [0.29, 0.717) is 22.1 Å². The van der Waals surface area contributed by atoms with E-state index in [1.807, 2.05) is 54.3 Å². The van der Waals surface area contributed by atoms with Crippen LogP contribution in [0.15, 0.2) is 142 Å². The molecule has 6 aromatic carbocycles. The third-order valence-electron chi connectivity index (χ3n) is 11.8. The van der Waals surface area contributed by atoms with Crippen molar-refractivity contribution in [3.8, 4) is 33.8 Å². The number of ketones is 1. The molecule has 424 valence electrons. The first-order chi connectivity index (χ1) is 38.1. The molecule has 0 atom stereocenters. The number of alkyl halides is 1. The minimum Gasteiger partial charge on any atom is -0.377 e. The van der Waals surface area contributed by atoms with E-state index in [1.165, 1.54) is 103 Å². The van der Waals surface area contributed by atoms with Gasteiger partial charge in [-0.1, -0.05) is 82.7 Å². The van der Waals surface area contributed by atoms with E-state index in [4.69, 9.17) is 22.1 Å². The molecule has 0 aliphatic carbocycles. The van der Waals surface area contributed by atoms with Crippen molar-refractivity contribution in [1.29, 1.82) is 0 Å². The van der Waals surface area contributed by atoms with Crippen LogP contribution in [-0.4, -0.2) is 49.4 Å². The summed E-state index contributed by atoms with van der Waals surface area (Å²) in [6, 6.07) is 35.9. The van der Waals surface area contributed by atoms with Crippen LogP contribution in [0.2, 0.25) is 0 Å². The first-order valence-corrected chi connectivity index (χ1v) is 30.6. The highest BCUT2D eigenvalue weighted by atomic mass is 79.9. The maximum absolute atomic E-state index is 11.2. The number of rotatable bonds is 11. The van der Waals surface area contributed by atoms with Crippen LogP contribution in [0.1, 0.15) is 60.4 Å². The fraction of sp³-hybridized carbons (Fsp3) is 0.175. The summed E-state index contributed by atoms with van der Waals surface area (Å²) in [5, 5.41) is 32.7. The molecule has 0 saturated carbocycles. The molecule has 9 rings (SSSR count). The summed E-state index contributed by atoms with van der Waals surface area (Å²) >= 11 is 11.7. The minimum atomic E-state index is -3.89. The summed E-state index contributed by atoms with van der Waals surface area (Å²) in [7, 11) is 1.09. The van der Waals surface area contributed by atoms with Gasteiger partial charge in [-0.2, -0.15) is 0 Å². The molecule has 3 heterocycles.